The van der Waals surface area contributed by atoms with Crippen LogP contribution in [0.4, 0.5) is 0 Å². The lowest BCUT2D eigenvalue weighted by atomic mass is 10.0. The molecule has 0 aromatic carbocycles. The van der Waals surface area contributed by atoms with E-state index in [1.807, 2.05) is 0 Å². The molecule has 80 valence electrons. The van der Waals surface area contributed by atoms with E-state index in [1.54, 1.807) is 6.92 Å². The number of nitrogens with one attached hydrogen (secondary N) is 1. The number of hydrogen-bond donors (Lipinski definition) is 2. The minimum atomic E-state index is -0.864. The van der Waals surface area contributed by atoms with E-state index in [9.17, 15) is 9.59 Å². The number of rotatable bonds is 5. The van der Waals surface area contributed by atoms with Gasteiger partial charge in [-0.05, 0) is 5.92 Å². The number of ether oxygens (including phenoxy) is 1. The lowest BCUT2D eigenvalue weighted by molar-refractivity contribution is -0.138. The number of hydrogen-bond acceptors (Lipinski definition) is 3. The first-order valence-electron chi connectivity index (χ1n) is 4.67. The van der Waals surface area contributed by atoms with Crippen LogP contribution in [0.1, 0.15) is 19.8 Å². The van der Waals surface area contributed by atoms with Crippen molar-refractivity contribution < 1.29 is 19.4 Å². The lowest BCUT2D eigenvalue weighted by Gasteiger charge is -2.27. The van der Waals surface area contributed by atoms with Crippen molar-refractivity contribution in [1.82, 2.24) is 5.32 Å². The molecule has 5 nitrogen and oxygen atoms in total. The fourth-order valence-corrected chi connectivity index (χ4v) is 1.29. The number of carbonyl (C=O) groups is 2. The van der Waals surface area contributed by atoms with E-state index in [0.29, 0.717) is 13.2 Å². The lowest BCUT2D eigenvalue weighted by Crippen LogP contribution is -2.48. The van der Waals surface area contributed by atoms with Crippen LogP contribution in [-0.4, -0.2) is 36.2 Å². The van der Waals surface area contributed by atoms with Crippen molar-refractivity contribution >= 4 is 11.9 Å². The van der Waals surface area contributed by atoms with Crippen LogP contribution in [-0.2, 0) is 14.3 Å². The average Bonchev–Trinajstić information content (AvgIpc) is 1.94. The molecule has 0 aromatic heterocycles. The number of amides is 1. The van der Waals surface area contributed by atoms with Crippen LogP contribution in [0.5, 0.6) is 0 Å². The largest absolute Gasteiger partial charge is 0.481 e. The van der Waals surface area contributed by atoms with Gasteiger partial charge in [-0.15, -0.1) is 0 Å². The van der Waals surface area contributed by atoms with Crippen molar-refractivity contribution in [3.05, 3.63) is 0 Å². The Kier molecular flexibility index (Phi) is 3.88. The molecule has 1 heterocycles. The molecule has 0 saturated carbocycles. The van der Waals surface area contributed by atoms with Crippen molar-refractivity contribution in [1.29, 1.82) is 0 Å². The van der Waals surface area contributed by atoms with E-state index in [4.69, 9.17) is 9.84 Å². The van der Waals surface area contributed by atoms with Gasteiger partial charge in [-0.1, -0.05) is 6.92 Å². The Morgan fingerprint density at radius 3 is 2.57 bits per heavy atom. The molecular formula is C9H15NO4. The van der Waals surface area contributed by atoms with Gasteiger partial charge in [0.2, 0.25) is 5.91 Å². The first-order chi connectivity index (χ1) is 6.58. The Balaban J connectivity index is 2.14. The Hall–Kier alpha value is -1.10. The van der Waals surface area contributed by atoms with Crippen LogP contribution in [0.15, 0.2) is 0 Å². The summed E-state index contributed by atoms with van der Waals surface area (Å²) in [5, 5.41) is 11.2. The summed E-state index contributed by atoms with van der Waals surface area (Å²) in [7, 11) is 0. The highest BCUT2D eigenvalue weighted by atomic mass is 16.5. The number of aliphatic carboxylic acids is 1. The average molecular weight is 201 g/mol. The van der Waals surface area contributed by atoms with Crippen molar-refractivity contribution in [2.75, 3.05) is 13.2 Å². The van der Waals surface area contributed by atoms with E-state index in [-0.39, 0.29) is 30.7 Å². The molecule has 1 saturated heterocycles. The van der Waals surface area contributed by atoms with Crippen LogP contribution in [0.25, 0.3) is 0 Å². The van der Waals surface area contributed by atoms with Crippen molar-refractivity contribution in [2.45, 2.75) is 25.8 Å². The Morgan fingerprint density at radius 2 is 2.14 bits per heavy atom. The van der Waals surface area contributed by atoms with E-state index in [0.717, 1.165) is 0 Å². The standard InChI is InChI=1S/C9H15NO4/c1-6(3-9(12)13)2-8(11)10-7-4-14-5-7/h6-7H,2-5H2,1H3,(H,10,11)(H,12,13). The molecule has 0 aliphatic carbocycles. The van der Waals surface area contributed by atoms with Gasteiger partial charge < -0.3 is 15.2 Å². The zero-order chi connectivity index (χ0) is 10.6. The van der Waals surface area contributed by atoms with Gasteiger partial charge >= 0.3 is 5.97 Å². The summed E-state index contributed by atoms with van der Waals surface area (Å²) in [5.41, 5.74) is 0. The van der Waals surface area contributed by atoms with Crippen LogP contribution in [0, 0.1) is 5.92 Å². The number of carboxylic acid groups (broad SMARTS) is 1. The molecule has 0 bridgehead atoms. The van der Waals surface area contributed by atoms with Gasteiger partial charge in [-0.25, -0.2) is 0 Å². The topological polar surface area (TPSA) is 75.6 Å². The van der Waals surface area contributed by atoms with E-state index in [1.165, 1.54) is 0 Å². The minimum absolute atomic E-state index is 0.0363. The summed E-state index contributed by atoms with van der Waals surface area (Å²) >= 11 is 0. The SMILES string of the molecule is CC(CC(=O)O)CC(=O)NC1COC1. The third kappa shape index (κ3) is 3.74. The first kappa shape index (κ1) is 11.0. The second-order valence-corrected chi connectivity index (χ2v) is 3.71. The van der Waals surface area contributed by atoms with Crippen molar-refractivity contribution in [3.8, 4) is 0 Å². The Morgan fingerprint density at radius 1 is 1.50 bits per heavy atom. The van der Waals surface area contributed by atoms with Gasteiger partial charge in [-0.2, -0.15) is 0 Å². The molecule has 1 aliphatic rings. The summed E-state index contributed by atoms with van der Waals surface area (Å²) in [4.78, 5) is 21.6. The molecule has 1 amide bonds. The quantitative estimate of drug-likeness (QED) is 0.656. The van der Waals surface area contributed by atoms with Crippen molar-refractivity contribution in [3.63, 3.8) is 0 Å². The highest BCUT2D eigenvalue weighted by Crippen LogP contribution is 2.08. The second kappa shape index (κ2) is 4.95. The van der Waals surface area contributed by atoms with Crippen LogP contribution < -0.4 is 5.32 Å². The predicted molar refractivity (Wildman–Crippen MR) is 48.8 cm³/mol. The molecule has 1 rings (SSSR count). The third-order valence-corrected chi connectivity index (χ3v) is 2.06. The molecule has 0 radical (unpaired) electrons. The smallest absolute Gasteiger partial charge is 0.303 e. The summed E-state index contributed by atoms with van der Waals surface area (Å²) in [6, 6.07) is 0.125. The van der Waals surface area contributed by atoms with Gasteiger partial charge in [0, 0.05) is 12.8 Å². The Bertz CT molecular complexity index is 225. The number of carbonyl (C=O) groups excluding carboxylic acids is 1. The maximum atomic E-state index is 11.3. The maximum Gasteiger partial charge on any atom is 0.303 e. The fraction of sp³-hybridized carbons (Fsp3) is 0.778. The zero-order valence-electron chi connectivity index (χ0n) is 8.16. The first-order valence-corrected chi connectivity index (χ1v) is 4.67. The molecule has 0 spiro atoms. The van der Waals surface area contributed by atoms with E-state index < -0.39 is 5.97 Å². The second-order valence-electron chi connectivity index (χ2n) is 3.71. The van der Waals surface area contributed by atoms with Gasteiger partial charge in [0.25, 0.3) is 0 Å². The molecular weight excluding hydrogens is 186 g/mol. The highest BCUT2D eigenvalue weighted by molar-refractivity contribution is 5.77. The number of carboxylic acids is 1. The zero-order valence-corrected chi connectivity index (χ0v) is 8.16. The van der Waals surface area contributed by atoms with E-state index in [2.05, 4.69) is 5.32 Å². The van der Waals surface area contributed by atoms with Crippen molar-refractivity contribution in [2.24, 2.45) is 5.92 Å². The maximum absolute atomic E-state index is 11.3. The van der Waals surface area contributed by atoms with Crippen LogP contribution in [0.2, 0.25) is 0 Å². The van der Waals surface area contributed by atoms with Gasteiger partial charge in [0.05, 0.1) is 19.3 Å². The molecule has 2 N–H and O–H groups in total. The molecule has 0 aromatic rings. The van der Waals surface area contributed by atoms with Gasteiger partial charge in [-0.3, -0.25) is 9.59 Å². The fourth-order valence-electron chi connectivity index (χ4n) is 1.29. The normalized spacial score (nSPS) is 18.4. The molecule has 1 unspecified atom stereocenters. The summed E-state index contributed by atoms with van der Waals surface area (Å²) in [6.07, 6.45) is 0.303. The highest BCUT2D eigenvalue weighted by Gasteiger charge is 2.21. The van der Waals surface area contributed by atoms with Crippen LogP contribution in [0.3, 0.4) is 0 Å². The predicted octanol–water partition coefficient (Wildman–Crippen LogP) is 0.00230. The van der Waals surface area contributed by atoms with Gasteiger partial charge in [0.1, 0.15) is 0 Å². The molecule has 1 aliphatic heterocycles. The summed E-state index contributed by atoms with van der Waals surface area (Å²) in [5.74, 6) is -1.07. The van der Waals surface area contributed by atoms with Crippen LogP contribution >= 0.6 is 0 Å². The Labute approximate surface area is 82.4 Å². The third-order valence-electron chi connectivity index (χ3n) is 2.06. The molecule has 1 fully saturated rings. The molecule has 14 heavy (non-hydrogen) atoms. The minimum Gasteiger partial charge on any atom is -0.481 e. The summed E-state index contributed by atoms with van der Waals surface area (Å²) < 4.78 is 4.90. The van der Waals surface area contributed by atoms with E-state index >= 15 is 0 Å². The van der Waals surface area contributed by atoms with Gasteiger partial charge in [0.15, 0.2) is 0 Å². The monoisotopic (exact) mass is 201 g/mol. The molecule has 1 atom stereocenters. The molecule has 5 heteroatoms. The summed E-state index contributed by atoms with van der Waals surface area (Å²) in [6.45, 7) is 2.89.